The Morgan fingerprint density at radius 2 is 1.71 bits per heavy atom. The molecule has 0 fully saturated rings. The first kappa shape index (κ1) is 25.9. The highest BCUT2D eigenvalue weighted by Gasteiger charge is 2.42. The fourth-order valence-corrected chi connectivity index (χ4v) is 5.17. The van der Waals surface area contributed by atoms with Gasteiger partial charge in [-0.15, -0.1) is 5.10 Å². The minimum Gasteiger partial charge on any atom is -0.384 e. The first-order valence-corrected chi connectivity index (χ1v) is 12.7. The van der Waals surface area contributed by atoms with E-state index in [1.54, 1.807) is 38.5 Å². The van der Waals surface area contributed by atoms with E-state index in [1.165, 1.54) is 24.4 Å². The molecule has 0 unspecified atom stereocenters. The second-order valence-corrected chi connectivity index (χ2v) is 11.0. The van der Waals surface area contributed by atoms with Gasteiger partial charge >= 0.3 is 0 Å². The van der Waals surface area contributed by atoms with Crippen molar-refractivity contribution in [2.24, 2.45) is 5.92 Å². The van der Waals surface area contributed by atoms with Gasteiger partial charge in [0.25, 0.3) is 0 Å². The van der Waals surface area contributed by atoms with Crippen LogP contribution >= 0.6 is 0 Å². The Bertz CT molecular complexity index is 1470. The van der Waals surface area contributed by atoms with E-state index in [4.69, 9.17) is 4.98 Å². The first-order valence-electron chi connectivity index (χ1n) is 12.7. The molecule has 5 rings (SSSR count). The summed E-state index contributed by atoms with van der Waals surface area (Å²) in [5, 5.41) is 19.1. The van der Waals surface area contributed by atoms with E-state index in [9.17, 15) is 13.9 Å². The van der Waals surface area contributed by atoms with E-state index in [0.717, 1.165) is 24.1 Å². The Labute approximate surface area is 220 Å². The molecule has 4 aromatic rings. The van der Waals surface area contributed by atoms with Gasteiger partial charge in [-0.3, -0.25) is 15.0 Å². The van der Waals surface area contributed by atoms with Crippen LogP contribution in [0.3, 0.4) is 0 Å². The molecule has 0 amide bonds. The van der Waals surface area contributed by atoms with Crippen LogP contribution in [0, 0.1) is 17.6 Å². The molecule has 9 heteroatoms. The van der Waals surface area contributed by atoms with Gasteiger partial charge in [0.15, 0.2) is 0 Å². The highest BCUT2D eigenvalue weighted by Crippen LogP contribution is 2.48. The van der Waals surface area contributed by atoms with Crippen molar-refractivity contribution in [1.29, 1.82) is 0 Å². The molecule has 7 nitrogen and oxygen atoms in total. The predicted molar refractivity (Wildman–Crippen MR) is 139 cm³/mol. The first-order chi connectivity index (χ1) is 18.0. The van der Waals surface area contributed by atoms with Gasteiger partial charge in [0.1, 0.15) is 28.6 Å². The minimum atomic E-state index is -1.10. The SMILES string of the molecule is CC(C)[C@H]1CC[C@](C)(c2cncc(-c3cnc(C(C)(C)O)cn3)n2)c2nnc(-c3c(F)cccc3F)cc21. The number of hydrogen-bond acceptors (Lipinski definition) is 7. The maximum Gasteiger partial charge on any atom is 0.135 e. The topological polar surface area (TPSA) is 97.6 Å². The van der Waals surface area contributed by atoms with Gasteiger partial charge in [0, 0.05) is 6.20 Å². The lowest BCUT2D eigenvalue weighted by Crippen LogP contribution is -2.34. The zero-order valence-electron chi connectivity index (χ0n) is 22.1. The van der Waals surface area contributed by atoms with Crippen molar-refractivity contribution in [2.75, 3.05) is 0 Å². The van der Waals surface area contributed by atoms with Crippen molar-refractivity contribution in [3.8, 4) is 22.6 Å². The van der Waals surface area contributed by atoms with Crippen LogP contribution in [-0.4, -0.2) is 35.2 Å². The summed E-state index contributed by atoms with van der Waals surface area (Å²) >= 11 is 0. The van der Waals surface area contributed by atoms with Gasteiger partial charge in [-0.2, -0.15) is 5.10 Å². The van der Waals surface area contributed by atoms with Crippen molar-refractivity contribution in [1.82, 2.24) is 30.1 Å². The number of nitrogens with zero attached hydrogens (tertiary/aromatic N) is 6. The van der Waals surface area contributed by atoms with Gasteiger partial charge < -0.3 is 5.11 Å². The van der Waals surface area contributed by atoms with E-state index in [-0.39, 0.29) is 17.2 Å². The highest BCUT2D eigenvalue weighted by molar-refractivity contribution is 5.62. The van der Waals surface area contributed by atoms with Crippen LogP contribution in [-0.2, 0) is 11.0 Å². The Morgan fingerprint density at radius 3 is 2.34 bits per heavy atom. The van der Waals surface area contributed by atoms with Crippen LogP contribution in [0.2, 0.25) is 0 Å². The molecule has 0 bridgehead atoms. The van der Waals surface area contributed by atoms with Crippen LogP contribution in [0.1, 0.15) is 76.0 Å². The Balaban J connectivity index is 1.60. The fraction of sp³-hybridized carbons (Fsp3) is 0.379. The monoisotopic (exact) mass is 516 g/mol. The summed E-state index contributed by atoms with van der Waals surface area (Å²) < 4.78 is 29.2. The van der Waals surface area contributed by atoms with Crippen molar-refractivity contribution >= 4 is 0 Å². The van der Waals surface area contributed by atoms with Gasteiger partial charge in [-0.1, -0.05) is 19.9 Å². The van der Waals surface area contributed by atoms with Crippen LogP contribution < -0.4 is 0 Å². The summed E-state index contributed by atoms with van der Waals surface area (Å²) in [5.41, 5.74) is 2.16. The van der Waals surface area contributed by atoms with Crippen LogP contribution in [0.4, 0.5) is 8.78 Å². The molecular weight excluding hydrogens is 486 g/mol. The number of aliphatic hydroxyl groups is 1. The van der Waals surface area contributed by atoms with Crippen LogP contribution in [0.5, 0.6) is 0 Å². The predicted octanol–water partition coefficient (Wildman–Crippen LogP) is 5.74. The molecular formula is C29H30F2N6O. The Kier molecular flexibility index (Phi) is 6.51. The van der Waals surface area contributed by atoms with E-state index >= 15 is 0 Å². The number of fused-ring (bicyclic) bond motifs is 1. The van der Waals surface area contributed by atoms with Gasteiger partial charge in [-0.25, -0.2) is 13.8 Å². The maximum atomic E-state index is 14.6. The van der Waals surface area contributed by atoms with Crippen molar-refractivity contribution < 1.29 is 13.9 Å². The normalized spacial score (nSPS) is 19.4. The summed E-state index contributed by atoms with van der Waals surface area (Å²) in [6.07, 6.45) is 8.04. The lowest BCUT2D eigenvalue weighted by molar-refractivity contribution is 0.0734. The van der Waals surface area contributed by atoms with Crippen molar-refractivity contribution in [2.45, 2.75) is 64.4 Å². The number of rotatable bonds is 5. The second-order valence-electron chi connectivity index (χ2n) is 11.0. The second kappa shape index (κ2) is 9.54. The van der Waals surface area contributed by atoms with Crippen LogP contribution in [0.15, 0.2) is 49.1 Å². The Hall–Kier alpha value is -3.72. The zero-order valence-corrected chi connectivity index (χ0v) is 22.1. The fourth-order valence-electron chi connectivity index (χ4n) is 5.17. The molecule has 1 aromatic carbocycles. The molecule has 0 aliphatic heterocycles. The quantitative estimate of drug-likeness (QED) is 0.361. The smallest absolute Gasteiger partial charge is 0.135 e. The average Bonchev–Trinajstić information content (AvgIpc) is 2.88. The van der Waals surface area contributed by atoms with Crippen molar-refractivity contribution in [3.63, 3.8) is 0 Å². The van der Waals surface area contributed by atoms with E-state index in [2.05, 4.69) is 45.9 Å². The van der Waals surface area contributed by atoms with Gasteiger partial charge in [-0.05, 0) is 69.2 Å². The van der Waals surface area contributed by atoms with Gasteiger partial charge in [0.05, 0.1) is 52.3 Å². The summed E-state index contributed by atoms with van der Waals surface area (Å²) in [4.78, 5) is 18.1. The minimum absolute atomic E-state index is 0.151. The third kappa shape index (κ3) is 4.55. The summed E-state index contributed by atoms with van der Waals surface area (Å²) in [5.74, 6) is -0.898. The molecule has 1 aliphatic carbocycles. The maximum absolute atomic E-state index is 14.6. The molecule has 3 heterocycles. The number of benzene rings is 1. The van der Waals surface area contributed by atoms with E-state index in [1.807, 2.05) is 0 Å². The van der Waals surface area contributed by atoms with E-state index in [0.29, 0.717) is 28.7 Å². The molecule has 0 spiro atoms. The number of hydrogen-bond donors (Lipinski definition) is 1. The van der Waals surface area contributed by atoms with E-state index < -0.39 is 22.7 Å². The molecule has 0 saturated carbocycles. The molecule has 2 atom stereocenters. The molecule has 0 radical (unpaired) electrons. The van der Waals surface area contributed by atoms with Crippen molar-refractivity contribution in [3.05, 3.63) is 83.3 Å². The van der Waals surface area contributed by atoms with Gasteiger partial charge in [0.2, 0.25) is 0 Å². The molecule has 0 saturated heterocycles. The molecule has 1 N–H and O–H groups in total. The third-order valence-corrected chi connectivity index (χ3v) is 7.47. The molecule has 196 valence electrons. The standard InChI is InChI=1S/C29H30F2N6O/c1-16(2)17-9-10-29(5,27-18(17)11-21(36-37-27)26-19(30)7-6-8-20(26)31)25-14-32-12-23(35-25)22-13-34-24(15-33-22)28(3,4)38/h6-8,11-17,38H,9-10H2,1-5H3/t17-,29-/m1/s1. The summed E-state index contributed by atoms with van der Waals surface area (Å²) in [6.45, 7) is 9.62. The van der Waals surface area contributed by atoms with Crippen LogP contribution in [0.25, 0.3) is 22.6 Å². The third-order valence-electron chi connectivity index (χ3n) is 7.47. The number of aromatic nitrogens is 6. The molecule has 3 aromatic heterocycles. The summed E-state index contributed by atoms with van der Waals surface area (Å²) in [6, 6.07) is 5.57. The highest BCUT2D eigenvalue weighted by atomic mass is 19.1. The summed E-state index contributed by atoms with van der Waals surface area (Å²) in [7, 11) is 0. The largest absolute Gasteiger partial charge is 0.384 e. The Morgan fingerprint density at radius 1 is 0.974 bits per heavy atom. The zero-order chi connectivity index (χ0) is 27.2. The molecule has 38 heavy (non-hydrogen) atoms. The average molecular weight is 517 g/mol. The molecule has 1 aliphatic rings. The lowest BCUT2D eigenvalue weighted by Gasteiger charge is -2.39. The number of halogens is 2. The lowest BCUT2D eigenvalue weighted by atomic mass is 9.66.